The van der Waals surface area contributed by atoms with E-state index >= 15 is 0 Å². The van der Waals surface area contributed by atoms with E-state index in [4.69, 9.17) is 4.74 Å². The summed E-state index contributed by atoms with van der Waals surface area (Å²) in [5, 5.41) is 2.97. The molecule has 2 saturated heterocycles. The van der Waals surface area contributed by atoms with E-state index in [2.05, 4.69) is 22.0 Å². The fourth-order valence-corrected chi connectivity index (χ4v) is 4.53. The molecule has 0 spiro atoms. The van der Waals surface area contributed by atoms with Crippen molar-refractivity contribution >= 4 is 17.8 Å². The molecule has 0 aromatic heterocycles. The molecule has 5 nitrogen and oxygen atoms in total. The van der Waals surface area contributed by atoms with E-state index in [0.29, 0.717) is 13.2 Å². The van der Waals surface area contributed by atoms with E-state index in [1.807, 2.05) is 35.2 Å². The molecule has 2 heterocycles. The maximum absolute atomic E-state index is 12.3. The third kappa shape index (κ3) is 5.05. The summed E-state index contributed by atoms with van der Waals surface area (Å²) in [5.41, 5.74) is 0. The summed E-state index contributed by atoms with van der Waals surface area (Å²) in [6.07, 6.45) is 2.36. The van der Waals surface area contributed by atoms with Crippen LogP contribution in [-0.2, 0) is 0 Å². The lowest BCUT2D eigenvalue weighted by Gasteiger charge is -2.26. The summed E-state index contributed by atoms with van der Waals surface area (Å²) in [6, 6.07) is 10.5. The van der Waals surface area contributed by atoms with Gasteiger partial charge in [0.1, 0.15) is 12.4 Å². The third-order valence-corrected chi connectivity index (χ3v) is 5.77. The lowest BCUT2D eigenvalue weighted by Crippen LogP contribution is -2.44. The molecule has 2 amide bonds. The Kier molecular flexibility index (Phi) is 6.66. The molecule has 2 fully saturated rings. The van der Waals surface area contributed by atoms with E-state index in [1.165, 1.54) is 17.9 Å². The van der Waals surface area contributed by atoms with Crippen LogP contribution in [0.5, 0.6) is 5.75 Å². The molecule has 24 heavy (non-hydrogen) atoms. The van der Waals surface area contributed by atoms with Crippen molar-refractivity contribution in [1.82, 2.24) is 15.1 Å². The smallest absolute Gasteiger partial charge is 0.317 e. The molecule has 1 aromatic carbocycles. The number of benzene rings is 1. The number of carbonyl (C=O) groups excluding carboxylic acids is 1. The van der Waals surface area contributed by atoms with Crippen molar-refractivity contribution in [2.75, 3.05) is 50.8 Å². The van der Waals surface area contributed by atoms with Crippen molar-refractivity contribution in [3.05, 3.63) is 30.3 Å². The molecule has 2 aliphatic rings. The molecule has 132 valence electrons. The number of carbonyl (C=O) groups is 1. The molecule has 1 atom stereocenters. The molecule has 0 bridgehead atoms. The van der Waals surface area contributed by atoms with Gasteiger partial charge < -0.3 is 15.0 Å². The highest BCUT2D eigenvalue weighted by Gasteiger charge is 2.26. The number of hydrogen-bond donors (Lipinski definition) is 1. The second kappa shape index (κ2) is 9.18. The SMILES string of the molecule is O=C(NCCOc1ccccc1)N1CCCN(C2CCSC2)CC1. The summed E-state index contributed by atoms with van der Waals surface area (Å²) < 4.78 is 5.61. The Morgan fingerprint density at radius 3 is 2.88 bits per heavy atom. The minimum atomic E-state index is 0.0364. The molecule has 1 unspecified atom stereocenters. The normalized spacial score (nSPS) is 22.2. The van der Waals surface area contributed by atoms with Gasteiger partial charge in [-0.2, -0.15) is 11.8 Å². The van der Waals surface area contributed by atoms with Crippen LogP contribution in [-0.4, -0.2) is 72.7 Å². The van der Waals surface area contributed by atoms with Gasteiger partial charge in [0, 0.05) is 38.0 Å². The Morgan fingerprint density at radius 2 is 2.08 bits per heavy atom. The van der Waals surface area contributed by atoms with Crippen LogP contribution in [0.1, 0.15) is 12.8 Å². The van der Waals surface area contributed by atoms with Gasteiger partial charge in [-0.05, 0) is 30.7 Å². The van der Waals surface area contributed by atoms with Gasteiger partial charge >= 0.3 is 6.03 Å². The minimum Gasteiger partial charge on any atom is -0.492 e. The first-order valence-corrected chi connectivity index (χ1v) is 10.0. The van der Waals surface area contributed by atoms with Crippen LogP contribution in [0.2, 0.25) is 0 Å². The Balaban J connectivity index is 1.35. The topological polar surface area (TPSA) is 44.8 Å². The Hall–Kier alpha value is -1.40. The average Bonchev–Trinajstić information content (AvgIpc) is 3.04. The fourth-order valence-electron chi connectivity index (χ4n) is 3.27. The molecular weight excluding hydrogens is 322 g/mol. The molecule has 0 aliphatic carbocycles. The summed E-state index contributed by atoms with van der Waals surface area (Å²) in [6.45, 7) is 4.82. The van der Waals surface area contributed by atoms with Crippen molar-refractivity contribution in [1.29, 1.82) is 0 Å². The quantitative estimate of drug-likeness (QED) is 0.829. The standard InChI is InChI=1S/C18H27N3O2S/c22-18(19-8-13-23-17-5-2-1-3-6-17)21-10-4-9-20(11-12-21)16-7-14-24-15-16/h1-3,5-6,16H,4,7-15H2,(H,19,22). The summed E-state index contributed by atoms with van der Waals surface area (Å²) in [7, 11) is 0. The van der Waals surface area contributed by atoms with E-state index < -0.39 is 0 Å². The van der Waals surface area contributed by atoms with Gasteiger partial charge in [0.2, 0.25) is 0 Å². The predicted molar refractivity (Wildman–Crippen MR) is 98.8 cm³/mol. The van der Waals surface area contributed by atoms with Gasteiger partial charge in [-0.15, -0.1) is 0 Å². The van der Waals surface area contributed by atoms with E-state index in [-0.39, 0.29) is 6.03 Å². The minimum absolute atomic E-state index is 0.0364. The first-order valence-electron chi connectivity index (χ1n) is 8.85. The summed E-state index contributed by atoms with van der Waals surface area (Å²) >= 11 is 2.05. The van der Waals surface area contributed by atoms with Crippen LogP contribution in [0, 0.1) is 0 Å². The second-order valence-corrected chi connectivity index (χ2v) is 7.44. The second-order valence-electron chi connectivity index (χ2n) is 6.29. The number of para-hydroxylation sites is 1. The van der Waals surface area contributed by atoms with Crippen molar-refractivity contribution in [3.63, 3.8) is 0 Å². The van der Waals surface area contributed by atoms with E-state index in [0.717, 1.165) is 44.4 Å². The maximum atomic E-state index is 12.3. The number of hydrogen-bond acceptors (Lipinski definition) is 4. The van der Waals surface area contributed by atoms with Crippen LogP contribution < -0.4 is 10.1 Å². The molecule has 3 rings (SSSR count). The van der Waals surface area contributed by atoms with Gasteiger partial charge in [0.25, 0.3) is 0 Å². The number of urea groups is 1. The van der Waals surface area contributed by atoms with Crippen molar-refractivity contribution < 1.29 is 9.53 Å². The van der Waals surface area contributed by atoms with E-state index in [1.54, 1.807) is 0 Å². The third-order valence-electron chi connectivity index (χ3n) is 4.63. The fraction of sp³-hybridized carbons (Fsp3) is 0.611. The van der Waals surface area contributed by atoms with Crippen LogP contribution in [0.3, 0.4) is 0 Å². The zero-order chi connectivity index (χ0) is 16.6. The van der Waals surface area contributed by atoms with Gasteiger partial charge in [0.05, 0.1) is 6.54 Å². The Labute approximate surface area is 148 Å². The highest BCUT2D eigenvalue weighted by Crippen LogP contribution is 2.23. The zero-order valence-corrected chi connectivity index (χ0v) is 15.0. The van der Waals surface area contributed by atoms with Crippen LogP contribution >= 0.6 is 11.8 Å². The first-order chi connectivity index (χ1) is 11.8. The highest BCUT2D eigenvalue weighted by atomic mass is 32.2. The number of rotatable bonds is 5. The summed E-state index contributed by atoms with van der Waals surface area (Å²) in [5.74, 6) is 3.38. The van der Waals surface area contributed by atoms with Gasteiger partial charge in [-0.25, -0.2) is 4.79 Å². The van der Waals surface area contributed by atoms with Crippen LogP contribution in [0.15, 0.2) is 30.3 Å². The number of nitrogens with zero attached hydrogens (tertiary/aromatic N) is 2. The van der Waals surface area contributed by atoms with Crippen molar-refractivity contribution in [3.8, 4) is 5.75 Å². The first kappa shape index (κ1) is 17.4. The molecule has 2 aliphatic heterocycles. The molecule has 0 radical (unpaired) electrons. The monoisotopic (exact) mass is 349 g/mol. The van der Waals surface area contributed by atoms with Gasteiger partial charge in [-0.3, -0.25) is 4.90 Å². The van der Waals surface area contributed by atoms with Gasteiger partial charge in [0.15, 0.2) is 0 Å². The van der Waals surface area contributed by atoms with Crippen LogP contribution in [0.25, 0.3) is 0 Å². The zero-order valence-electron chi connectivity index (χ0n) is 14.2. The molecule has 1 aromatic rings. The highest BCUT2D eigenvalue weighted by molar-refractivity contribution is 7.99. The Morgan fingerprint density at radius 1 is 1.21 bits per heavy atom. The molecule has 0 saturated carbocycles. The largest absolute Gasteiger partial charge is 0.492 e. The summed E-state index contributed by atoms with van der Waals surface area (Å²) in [4.78, 5) is 16.9. The lowest BCUT2D eigenvalue weighted by molar-refractivity contribution is 0.189. The van der Waals surface area contributed by atoms with Crippen molar-refractivity contribution in [2.24, 2.45) is 0 Å². The number of nitrogens with one attached hydrogen (secondary N) is 1. The molecule has 1 N–H and O–H groups in total. The number of amides is 2. The Bertz CT molecular complexity index is 508. The number of ether oxygens (including phenoxy) is 1. The van der Waals surface area contributed by atoms with Crippen LogP contribution in [0.4, 0.5) is 4.79 Å². The lowest BCUT2D eigenvalue weighted by atomic mass is 10.2. The molecule has 6 heteroatoms. The van der Waals surface area contributed by atoms with E-state index in [9.17, 15) is 4.79 Å². The predicted octanol–water partition coefficient (Wildman–Crippen LogP) is 2.29. The maximum Gasteiger partial charge on any atom is 0.317 e. The van der Waals surface area contributed by atoms with Gasteiger partial charge in [-0.1, -0.05) is 18.2 Å². The van der Waals surface area contributed by atoms with Crippen molar-refractivity contribution in [2.45, 2.75) is 18.9 Å². The average molecular weight is 350 g/mol. The number of thioether (sulfide) groups is 1. The molecular formula is C18H27N3O2S.